The molecule has 34 heavy (non-hydrogen) atoms. The van der Waals surface area contributed by atoms with Crippen molar-refractivity contribution in [1.82, 2.24) is 9.80 Å². The number of amides is 2. The molecule has 0 spiro atoms. The number of likely N-dealkylation sites (tertiary alicyclic amines) is 2. The van der Waals surface area contributed by atoms with Crippen LogP contribution < -0.4 is 10.1 Å². The van der Waals surface area contributed by atoms with Gasteiger partial charge >= 0.3 is 6.03 Å². The normalized spacial score (nSPS) is 19.1. The van der Waals surface area contributed by atoms with Gasteiger partial charge in [-0.25, -0.2) is 13.6 Å². The molecular weight excluding hydrogens is 440 g/mol. The van der Waals surface area contributed by atoms with E-state index in [0.29, 0.717) is 24.9 Å². The Hall–Kier alpha value is -2.71. The first-order valence-electron chi connectivity index (χ1n) is 12.0. The van der Waals surface area contributed by atoms with Gasteiger partial charge in [-0.1, -0.05) is 12.1 Å². The summed E-state index contributed by atoms with van der Waals surface area (Å²) < 4.78 is 31.8. The highest BCUT2D eigenvalue weighted by Crippen LogP contribution is 2.33. The highest BCUT2D eigenvalue weighted by atomic mass is 19.2. The lowest BCUT2D eigenvalue weighted by molar-refractivity contribution is 0.0392. The molecule has 1 atom stereocenters. The number of methoxy groups -OCH3 is 1. The number of hydrogen-bond acceptors (Lipinski definition) is 4. The van der Waals surface area contributed by atoms with Crippen molar-refractivity contribution in [2.45, 2.75) is 37.6 Å². The Labute approximate surface area is 199 Å². The molecule has 2 aromatic carbocycles. The van der Waals surface area contributed by atoms with Crippen LogP contribution in [0, 0.1) is 17.6 Å². The molecule has 6 nitrogen and oxygen atoms in total. The van der Waals surface area contributed by atoms with Crippen LogP contribution in [-0.2, 0) is 0 Å². The summed E-state index contributed by atoms with van der Waals surface area (Å²) in [5.74, 6) is -0.232. The molecule has 2 fully saturated rings. The molecule has 0 radical (unpaired) electrons. The first-order chi connectivity index (χ1) is 16.5. The summed E-state index contributed by atoms with van der Waals surface area (Å²) in [6, 6.07) is 11.4. The van der Waals surface area contributed by atoms with Crippen molar-refractivity contribution in [2.24, 2.45) is 5.92 Å². The minimum Gasteiger partial charge on any atom is -0.497 e. The van der Waals surface area contributed by atoms with Crippen LogP contribution in [0.2, 0.25) is 0 Å². The average Bonchev–Trinajstić information content (AvgIpc) is 2.87. The first kappa shape index (κ1) is 24.4. The molecule has 0 aliphatic carbocycles. The van der Waals surface area contributed by atoms with E-state index in [9.17, 15) is 18.7 Å². The zero-order valence-electron chi connectivity index (χ0n) is 19.6. The van der Waals surface area contributed by atoms with Crippen molar-refractivity contribution < 1.29 is 23.4 Å². The Bertz CT molecular complexity index is 956. The fourth-order valence-electron chi connectivity index (χ4n) is 5.27. The van der Waals surface area contributed by atoms with E-state index in [1.54, 1.807) is 12.0 Å². The standard InChI is InChI=1S/C26H33F2N3O3/c1-34-22-5-2-18(3-6-22)19-8-12-30(13-9-19)25(17-32)20-10-14-31(15-11-20)26(33)29-21-4-7-23(27)24(28)16-21/h2-7,16,19-20,25,32H,8-15,17H2,1H3,(H,29,33). The second kappa shape index (κ2) is 11.1. The number of carbonyl (C=O) groups is 1. The highest BCUT2D eigenvalue weighted by Gasteiger charge is 2.33. The summed E-state index contributed by atoms with van der Waals surface area (Å²) in [6.45, 7) is 3.13. The number of nitrogens with zero attached hydrogens (tertiary/aromatic N) is 2. The number of halogens is 2. The Morgan fingerprint density at radius 2 is 1.71 bits per heavy atom. The molecule has 8 heteroatoms. The number of rotatable bonds is 6. The van der Waals surface area contributed by atoms with Gasteiger partial charge in [-0.05, 0) is 80.4 Å². The maximum absolute atomic E-state index is 13.4. The zero-order valence-corrected chi connectivity index (χ0v) is 19.6. The summed E-state index contributed by atoms with van der Waals surface area (Å²) in [5, 5.41) is 12.8. The van der Waals surface area contributed by atoms with Gasteiger partial charge in [0.1, 0.15) is 5.75 Å². The van der Waals surface area contributed by atoms with Crippen molar-refractivity contribution in [3.63, 3.8) is 0 Å². The third-order valence-electron chi connectivity index (χ3n) is 7.31. The van der Waals surface area contributed by atoms with Gasteiger partial charge in [0.2, 0.25) is 0 Å². The van der Waals surface area contributed by atoms with Crippen molar-refractivity contribution in [2.75, 3.05) is 45.2 Å². The molecule has 2 aromatic rings. The predicted octanol–water partition coefficient (Wildman–Crippen LogP) is 4.46. The second-order valence-corrected chi connectivity index (χ2v) is 9.22. The summed E-state index contributed by atoms with van der Waals surface area (Å²) in [5.41, 5.74) is 1.57. The lowest BCUT2D eigenvalue weighted by Gasteiger charge is -2.43. The van der Waals surface area contributed by atoms with E-state index in [1.807, 2.05) is 12.1 Å². The summed E-state index contributed by atoms with van der Waals surface area (Å²) >= 11 is 0. The van der Waals surface area contributed by atoms with Gasteiger partial charge in [-0.15, -0.1) is 0 Å². The fraction of sp³-hybridized carbons (Fsp3) is 0.500. The predicted molar refractivity (Wildman–Crippen MR) is 127 cm³/mol. The van der Waals surface area contributed by atoms with Crippen LogP contribution in [0.3, 0.4) is 0 Å². The number of benzene rings is 2. The van der Waals surface area contributed by atoms with Gasteiger partial charge in [0.25, 0.3) is 0 Å². The van der Waals surface area contributed by atoms with Crippen molar-refractivity contribution in [3.8, 4) is 5.75 Å². The number of ether oxygens (including phenoxy) is 1. The van der Waals surface area contributed by atoms with Crippen molar-refractivity contribution in [1.29, 1.82) is 0 Å². The van der Waals surface area contributed by atoms with Gasteiger partial charge in [-0.2, -0.15) is 0 Å². The average molecular weight is 474 g/mol. The van der Waals surface area contributed by atoms with Crippen molar-refractivity contribution >= 4 is 11.7 Å². The van der Waals surface area contributed by atoms with Gasteiger partial charge < -0.3 is 20.1 Å². The van der Waals surface area contributed by atoms with E-state index in [1.165, 1.54) is 11.6 Å². The largest absolute Gasteiger partial charge is 0.497 e. The number of carbonyl (C=O) groups excluding carboxylic acids is 1. The van der Waals surface area contributed by atoms with Gasteiger partial charge in [0.15, 0.2) is 11.6 Å². The minimum absolute atomic E-state index is 0.0909. The third kappa shape index (κ3) is 5.67. The van der Waals surface area contributed by atoms with E-state index in [0.717, 1.165) is 56.7 Å². The number of hydrogen-bond donors (Lipinski definition) is 2. The minimum atomic E-state index is -0.988. The van der Waals surface area contributed by atoms with Crippen LogP contribution in [0.4, 0.5) is 19.3 Å². The third-order valence-corrected chi connectivity index (χ3v) is 7.31. The number of urea groups is 1. The summed E-state index contributed by atoms with van der Waals surface area (Å²) in [6.07, 6.45) is 3.71. The van der Waals surface area contributed by atoms with E-state index >= 15 is 0 Å². The molecule has 0 bridgehead atoms. The molecule has 1 unspecified atom stereocenters. The van der Waals surface area contributed by atoms with Crippen LogP contribution in [0.15, 0.2) is 42.5 Å². The number of anilines is 1. The van der Waals surface area contributed by atoms with E-state index < -0.39 is 11.6 Å². The number of piperidine rings is 2. The molecule has 2 saturated heterocycles. The lowest BCUT2D eigenvalue weighted by atomic mass is 9.85. The van der Waals surface area contributed by atoms with Crippen molar-refractivity contribution in [3.05, 3.63) is 59.7 Å². The zero-order chi connectivity index (χ0) is 24.1. The van der Waals surface area contributed by atoms with E-state index in [4.69, 9.17) is 4.74 Å². The van der Waals surface area contributed by atoms with E-state index in [2.05, 4.69) is 22.3 Å². The van der Waals surface area contributed by atoms with Crippen LogP contribution in [0.1, 0.15) is 37.2 Å². The number of aliphatic hydroxyl groups excluding tert-OH is 1. The highest BCUT2D eigenvalue weighted by molar-refractivity contribution is 5.89. The molecule has 2 amide bonds. The molecular formula is C26H33F2N3O3. The summed E-state index contributed by atoms with van der Waals surface area (Å²) in [4.78, 5) is 16.7. The quantitative estimate of drug-likeness (QED) is 0.650. The number of aliphatic hydroxyl groups is 1. The smallest absolute Gasteiger partial charge is 0.321 e. The molecule has 2 heterocycles. The molecule has 0 saturated carbocycles. The Morgan fingerprint density at radius 1 is 1.03 bits per heavy atom. The lowest BCUT2D eigenvalue weighted by Crippen LogP contribution is -2.51. The van der Waals surface area contributed by atoms with Crippen LogP contribution in [0.5, 0.6) is 5.75 Å². The molecule has 0 aromatic heterocycles. The van der Waals surface area contributed by atoms with Crippen LogP contribution in [-0.4, -0.2) is 66.9 Å². The maximum Gasteiger partial charge on any atom is 0.321 e. The Morgan fingerprint density at radius 3 is 2.29 bits per heavy atom. The Kier molecular flexibility index (Phi) is 8.00. The fourth-order valence-corrected chi connectivity index (χ4v) is 5.27. The summed E-state index contributed by atoms with van der Waals surface area (Å²) in [7, 11) is 1.67. The molecule has 2 N–H and O–H groups in total. The van der Waals surface area contributed by atoms with Crippen LogP contribution in [0.25, 0.3) is 0 Å². The van der Waals surface area contributed by atoms with Gasteiger partial charge in [0.05, 0.1) is 13.7 Å². The SMILES string of the molecule is COc1ccc(C2CCN(C(CO)C3CCN(C(=O)Nc4ccc(F)c(F)c4)CC3)CC2)cc1. The molecule has 4 rings (SSSR count). The second-order valence-electron chi connectivity index (χ2n) is 9.22. The van der Waals surface area contributed by atoms with Crippen LogP contribution >= 0.6 is 0 Å². The number of nitrogens with one attached hydrogen (secondary N) is 1. The molecule has 2 aliphatic heterocycles. The van der Waals surface area contributed by atoms with Gasteiger partial charge in [0, 0.05) is 30.9 Å². The molecule has 184 valence electrons. The van der Waals surface area contributed by atoms with E-state index in [-0.39, 0.29) is 24.4 Å². The van der Waals surface area contributed by atoms with Gasteiger partial charge in [-0.3, -0.25) is 4.90 Å². The maximum atomic E-state index is 13.4. The monoisotopic (exact) mass is 473 g/mol. The molecule has 2 aliphatic rings. The Balaban J connectivity index is 1.26. The first-order valence-corrected chi connectivity index (χ1v) is 12.0. The topological polar surface area (TPSA) is 65.0 Å².